The molecule has 8 nitrogen and oxygen atoms in total. The number of carboxylic acids is 1. The summed E-state index contributed by atoms with van der Waals surface area (Å²) >= 11 is 0. The van der Waals surface area contributed by atoms with E-state index in [1.54, 1.807) is 4.57 Å². The van der Waals surface area contributed by atoms with E-state index < -0.39 is 24.4 Å². The third-order valence-electron chi connectivity index (χ3n) is 4.27. The first-order valence-corrected chi connectivity index (χ1v) is 7.28. The molecule has 1 aromatic carbocycles. The fourth-order valence-electron chi connectivity index (χ4n) is 3.13. The summed E-state index contributed by atoms with van der Waals surface area (Å²) in [5, 5.41) is 12.4. The van der Waals surface area contributed by atoms with E-state index in [1.807, 2.05) is 6.92 Å². The minimum Gasteiger partial charge on any atom is -0.477 e. The summed E-state index contributed by atoms with van der Waals surface area (Å²) in [6.45, 7) is -4.02. The quantitative estimate of drug-likeness (QED) is 0.634. The van der Waals surface area contributed by atoms with Gasteiger partial charge in [0.05, 0.1) is 25.7 Å². The predicted octanol–water partition coefficient (Wildman–Crippen LogP) is 1.65. The Morgan fingerprint density at radius 3 is 2.96 bits per heavy atom. The Labute approximate surface area is 143 Å². The van der Waals surface area contributed by atoms with Crippen LogP contribution in [0.5, 0.6) is 0 Å². The van der Waals surface area contributed by atoms with Gasteiger partial charge in [-0.05, 0) is 31.9 Å². The lowest BCUT2D eigenvalue weighted by Crippen LogP contribution is -2.28. The van der Waals surface area contributed by atoms with Crippen LogP contribution in [0.2, 0.25) is 0 Å². The molecule has 1 aliphatic heterocycles. The zero-order valence-corrected chi connectivity index (χ0v) is 12.8. The van der Waals surface area contributed by atoms with Gasteiger partial charge < -0.3 is 15.4 Å². The number of hydrogen-bond donors (Lipinski definition) is 2. The molecule has 126 valence electrons. The summed E-state index contributed by atoms with van der Waals surface area (Å²) in [6.07, 6.45) is 2.13. The topological polar surface area (TPSA) is 118 Å². The summed E-state index contributed by atoms with van der Waals surface area (Å²) in [6, 6.07) is 2.41. The van der Waals surface area contributed by atoms with Gasteiger partial charge >= 0.3 is 5.97 Å². The van der Waals surface area contributed by atoms with Gasteiger partial charge in [-0.1, -0.05) is 0 Å². The number of nitrogens with zero attached hydrogens (tertiary/aromatic N) is 3. The van der Waals surface area contributed by atoms with E-state index >= 15 is 0 Å². The molecule has 0 spiro atoms. The van der Waals surface area contributed by atoms with Crippen molar-refractivity contribution in [1.82, 2.24) is 4.57 Å². The third kappa shape index (κ3) is 2.35. The highest BCUT2D eigenvalue weighted by molar-refractivity contribution is 5.95. The molecule has 2 aromatic rings. The van der Waals surface area contributed by atoms with Gasteiger partial charge in [0.15, 0.2) is 0 Å². The second-order valence-electron chi connectivity index (χ2n) is 5.58. The van der Waals surface area contributed by atoms with Crippen molar-refractivity contribution in [2.75, 3.05) is 18.0 Å². The van der Waals surface area contributed by atoms with E-state index in [-0.39, 0.29) is 22.7 Å². The average molecular weight is 334 g/mol. The van der Waals surface area contributed by atoms with Gasteiger partial charge in [0.25, 0.3) is 0 Å². The largest absolute Gasteiger partial charge is 0.477 e. The van der Waals surface area contributed by atoms with Gasteiger partial charge in [-0.3, -0.25) is 4.79 Å². The molecule has 1 aliphatic rings. The first kappa shape index (κ1) is 11.7. The molecule has 0 bridgehead atoms. The highest BCUT2D eigenvalue weighted by atomic mass is 16.4. The van der Waals surface area contributed by atoms with Crippen LogP contribution >= 0.6 is 0 Å². The number of carbonyl (C=O) groups is 1. The van der Waals surface area contributed by atoms with Gasteiger partial charge in [-0.25, -0.2) is 9.80 Å². The van der Waals surface area contributed by atoms with Crippen molar-refractivity contribution < 1.29 is 15.4 Å². The van der Waals surface area contributed by atoms with Crippen LogP contribution < -0.4 is 16.2 Å². The van der Waals surface area contributed by atoms with Gasteiger partial charge in [0.2, 0.25) is 5.43 Å². The van der Waals surface area contributed by atoms with Crippen molar-refractivity contribution in [1.29, 1.82) is 0 Å². The summed E-state index contributed by atoms with van der Waals surface area (Å²) < 4.78 is 32.5. The fraction of sp³-hybridized carbons (Fsp3) is 0.375. The lowest BCUT2D eigenvalue weighted by Gasteiger charge is -2.29. The normalized spacial score (nSPS) is 19.8. The predicted molar refractivity (Wildman–Crippen MR) is 90.4 cm³/mol. The lowest BCUT2D eigenvalue weighted by molar-refractivity contribution is 0.0694. The van der Waals surface area contributed by atoms with Crippen molar-refractivity contribution in [3.63, 3.8) is 0 Å². The van der Waals surface area contributed by atoms with Gasteiger partial charge in [-0.15, -0.1) is 4.91 Å². The number of rotatable bonds is 5. The van der Waals surface area contributed by atoms with E-state index in [4.69, 9.17) is 11.2 Å². The van der Waals surface area contributed by atoms with Gasteiger partial charge in [0.1, 0.15) is 5.56 Å². The second kappa shape index (κ2) is 6.04. The van der Waals surface area contributed by atoms with Crippen LogP contribution in [0, 0.1) is 4.91 Å². The molecule has 0 saturated heterocycles. The molecule has 3 N–H and O–H groups in total. The number of aromatic nitrogens is 1. The summed E-state index contributed by atoms with van der Waals surface area (Å²) in [4.78, 5) is 35.5. The number of hydrogen-bond acceptors (Lipinski definition) is 5. The minimum absolute atomic E-state index is 0.0232. The number of aromatic carboxylic acids is 1. The molecule has 3 rings (SSSR count). The monoisotopic (exact) mass is 334 g/mol. The molecule has 0 radical (unpaired) electrons. The molecule has 24 heavy (non-hydrogen) atoms. The third-order valence-corrected chi connectivity index (χ3v) is 4.27. The van der Waals surface area contributed by atoms with Gasteiger partial charge in [0, 0.05) is 32.4 Å². The number of aryl methyl sites for hydroxylation is 1. The highest BCUT2D eigenvalue weighted by Crippen LogP contribution is 2.36. The molecular formula is C16H18N4O4. The Hall–Kier alpha value is -2.74. The Kier molecular flexibility index (Phi) is 2.96. The molecule has 1 atom stereocenters. The first-order valence-electron chi connectivity index (χ1n) is 9.28. The molecule has 0 unspecified atom stereocenters. The van der Waals surface area contributed by atoms with Gasteiger partial charge in [-0.2, -0.15) is 0 Å². The first-order chi connectivity index (χ1) is 12.9. The van der Waals surface area contributed by atoms with E-state index in [9.17, 15) is 19.6 Å². The maximum absolute atomic E-state index is 12.6. The van der Waals surface area contributed by atoms with Crippen LogP contribution in [0.3, 0.4) is 0 Å². The van der Waals surface area contributed by atoms with Crippen LogP contribution in [0.4, 0.5) is 5.69 Å². The molecule has 0 amide bonds. The summed E-state index contributed by atoms with van der Waals surface area (Å²) in [5.41, 5.74) is 4.94. The Morgan fingerprint density at radius 2 is 2.33 bits per heavy atom. The van der Waals surface area contributed by atoms with Crippen molar-refractivity contribution >= 4 is 22.6 Å². The number of nitroso groups, excluding NO2 is 1. The van der Waals surface area contributed by atoms with Crippen LogP contribution in [-0.4, -0.2) is 28.6 Å². The van der Waals surface area contributed by atoms with Crippen LogP contribution in [-0.2, 0) is 6.42 Å². The molecule has 0 aliphatic carbocycles. The number of pyridine rings is 1. The highest BCUT2D eigenvalue weighted by Gasteiger charge is 2.26. The minimum atomic E-state index is -2.96. The van der Waals surface area contributed by atoms with E-state index in [0.717, 1.165) is 0 Å². The van der Waals surface area contributed by atoms with Crippen LogP contribution in [0.1, 0.15) is 40.8 Å². The zero-order chi connectivity index (χ0) is 21.0. The average Bonchev–Trinajstić information content (AvgIpc) is 2.59. The number of anilines is 1. The molecule has 0 saturated carbocycles. The van der Waals surface area contributed by atoms with Crippen molar-refractivity contribution in [2.45, 2.75) is 25.8 Å². The standard InChI is InChI=1S/C16H18N4O4/c1-9-2-3-10-13(20(18-24)7-6-17)5-4-11-14(10)19(9)8-12(15(11)21)16(22)23/h4-5,8-9H,2-3,6-7,17H2,1H3,(H,22,23)/t9-/m0/s1/i6D2,7D2. The second-order valence-corrected chi connectivity index (χ2v) is 5.58. The van der Waals surface area contributed by atoms with Crippen LogP contribution in [0.15, 0.2) is 28.4 Å². The Balaban J connectivity index is 2.38. The van der Waals surface area contributed by atoms with Crippen molar-refractivity contribution in [3.05, 3.63) is 44.6 Å². The smallest absolute Gasteiger partial charge is 0.341 e. The maximum Gasteiger partial charge on any atom is 0.341 e. The van der Waals surface area contributed by atoms with Crippen LogP contribution in [0.25, 0.3) is 10.9 Å². The maximum atomic E-state index is 12.6. The van der Waals surface area contributed by atoms with Crippen molar-refractivity contribution in [2.24, 2.45) is 11.0 Å². The van der Waals surface area contributed by atoms with Crippen molar-refractivity contribution in [3.8, 4) is 0 Å². The lowest BCUT2D eigenvalue weighted by atomic mass is 9.94. The Bertz CT molecular complexity index is 1050. The SMILES string of the molecule is [2H]C([2H])(N)C([2H])([2H])N(N=O)c1ccc2c(=O)c(C(=O)O)cn3c2c1CC[C@@H]3C. The molecule has 0 fully saturated rings. The number of carboxylic acid groups (broad SMARTS) is 1. The van der Waals surface area contributed by atoms with E-state index in [2.05, 4.69) is 5.29 Å². The number of nitrogens with two attached hydrogens (primary N) is 1. The molecular weight excluding hydrogens is 312 g/mol. The summed E-state index contributed by atoms with van der Waals surface area (Å²) in [7, 11) is 0. The molecule has 1 aromatic heterocycles. The fourth-order valence-corrected chi connectivity index (χ4v) is 3.13. The number of benzene rings is 1. The van der Waals surface area contributed by atoms with E-state index in [1.165, 1.54) is 18.3 Å². The summed E-state index contributed by atoms with van der Waals surface area (Å²) in [5.74, 6) is -1.36. The molecule has 8 heteroatoms. The van der Waals surface area contributed by atoms with E-state index in [0.29, 0.717) is 28.9 Å². The Morgan fingerprint density at radius 1 is 1.58 bits per heavy atom. The molecule has 2 heterocycles. The zero-order valence-electron chi connectivity index (χ0n) is 16.8.